The molecule has 0 spiro atoms. The second-order valence-corrected chi connectivity index (χ2v) is 5.55. The van der Waals surface area contributed by atoms with E-state index in [1.54, 1.807) is 0 Å². The van der Waals surface area contributed by atoms with Gasteiger partial charge >= 0.3 is 0 Å². The van der Waals surface area contributed by atoms with E-state index in [0.717, 1.165) is 54.4 Å². The van der Waals surface area contributed by atoms with Gasteiger partial charge in [-0.3, -0.25) is 4.98 Å². The average Bonchev–Trinajstić information content (AvgIpc) is 2.63. The zero-order chi connectivity index (χ0) is 15.5. The lowest BCUT2D eigenvalue weighted by Gasteiger charge is -2.27. The Kier molecular flexibility index (Phi) is 3.78. The largest absolute Gasteiger partial charge is 0.378 e. The molecule has 1 aliphatic heterocycles. The SMILES string of the molecule is c1ccc2ncc(Nc3ccc(N4CCOCC4)nc3)cc2c1. The second-order valence-electron chi connectivity index (χ2n) is 5.55. The van der Waals surface area contributed by atoms with E-state index in [9.17, 15) is 0 Å². The van der Waals surface area contributed by atoms with Gasteiger partial charge in [-0.25, -0.2) is 4.98 Å². The average molecular weight is 306 g/mol. The van der Waals surface area contributed by atoms with Crippen molar-refractivity contribution in [1.82, 2.24) is 9.97 Å². The van der Waals surface area contributed by atoms with Crippen LogP contribution < -0.4 is 10.2 Å². The Bertz CT molecular complexity index is 797. The van der Waals surface area contributed by atoms with Crippen molar-refractivity contribution in [2.45, 2.75) is 0 Å². The molecular weight excluding hydrogens is 288 g/mol. The molecule has 0 radical (unpaired) electrons. The van der Waals surface area contributed by atoms with Crippen molar-refractivity contribution < 1.29 is 4.74 Å². The molecule has 1 fully saturated rings. The third-order valence-electron chi connectivity index (χ3n) is 3.96. The number of aromatic nitrogens is 2. The number of nitrogens with zero attached hydrogens (tertiary/aromatic N) is 3. The molecule has 0 unspecified atom stereocenters. The molecule has 5 heteroatoms. The molecule has 1 aliphatic rings. The summed E-state index contributed by atoms with van der Waals surface area (Å²) in [5.41, 5.74) is 2.92. The highest BCUT2D eigenvalue weighted by atomic mass is 16.5. The fraction of sp³-hybridized carbons (Fsp3) is 0.222. The van der Waals surface area contributed by atoms with Crippen LogP contribution in [0.2, 0.25) is 0 Å². The van der Waals surface area contributed by atoms with Crippen LogP contribution in [0.4, 0.5) is 17.2 Å². The quantitative estimate of drug-likeness (QED) is 0.805. The maximum absolute atomic E-state index is 5.37. The third-order valence-corrected chi connectivity index (χ3v) is 3.96. The van der Waals surface area contributed by atoms with Crippen molar-refractivity contribution in [3.05, 3.63) is 54.9 Å². The Hall–Kier alpha value is -2.66. The Labute approximate surface area is 134 Å². The second kappa shape index (κ2) is 6.22. The topological polar surface area (TPSA) is 50.3 Å². The molecule has 0 saturated carbocycles. The highest BCUT2D eigenvalue weighted by molar-refractivity contribution is 5.82. The first-order valence-electron chi connectivity index (χ1n) is 7.79. The summed E-state index contributed by atoms with van der Waals surface area (Å²) in [6, 6.07) is 14.3. The minimum Gasteiger partial charge on any atom is -0.378 e. The Morgan fingerprint density at radius 1 is 0.913 bits per heavy atom. The molecule has 0 bridgehead atoms. The van der Waals surface area contributed by atoms with E-state index in [4.69, 9.17) is 4.74 Å². The highest BCUT2D eigenvalue weighted by Crippen LogP contribution is 2.21. The Morgan fingerprint density at radius 2 is 1.74 bits per heavy atom. The van der Waals surface area contributed by atoms with Gasteiger partial charge in [0.1, 0.15) is 5.82 Å². The number of hydrogen-bond donors (Lipinski definition) is 1. The van der Waals surface area contributed by atoms with Crippen LogP contribution in [0.5, 0.6) is 0 Å². The van der Waals surface area contributed by atoms with Crippen LogP contribution in [0, 0.1) is 0 Å². The summed E-state index contributed by atoms with van der Waals surface area (Å²) in [6.45, 7) is 3.33. The molecule has 1 N–H and O–H groups in total. The monoisotopic (exact) mass is 306 g/mol. The number of para-hydroxylation sites is 1. The van der Waals surface area contributed by atoms with Gasteiger partial charge in [-0.15, -0.1) is 0 Å². The van der Waals surface area contributed by atoms with E-state index in [0.29, 0.717) is 0 Å². The summed E-state index contributed by atoms with van der Waals surface area (Å²) in [7, 11) is 0. The number of pyridine rings is 2. The Morgan fingerprint density at radius 3 is 2.57 bits per heavy atom. The number of nitrogens with one attached hydrogen (secondary N) is 1. The van der Waals surface area contributed by atoms with E-state index >= 15 is 0 Å². The zero-order valence-corrected chi connectivity index (χ0v) is 12.8. The van der Waals surface area contributed by atoms with E-state index in [2.05, 4.69) is 32.3 Å². The van der Waals surface area contributed by atoms with Crippen LogP contribution >= 0.6 is 0 Å². The number of anilines is 3. The van der Waals surface area contributed by atoms with Crippen LogP contribution in [0.3, 0.4) is 0 Å². The van der Waals surface area contributed by atoms with E-state index in [1.165, 1.54) is 0 Å². The number of hydrogen-bond acceptors (Lipinski definition) is 5. The predicted molar refractivity (Wildman–Crippen MR) is 92.3 cm³/mol. The van der Waals surface area contributed by atoms with Crippen LogP contribution in [-0.4, -0.2) is 36.3 Å². The fourth-order valence-electron chi connectivity index (χ4n) is 2.75. The van der Waals surface area contributed by atoms with Crippen molar-refractivity contribution in [2.24, 2.45) is 0 Å². The van der Waals surface area contributed by atoms with Gasteiger partial charge in [0, 0.05) is 18.5 Å². The number of ether oxygens (including phenoxy) is 1. The van der Waals surface area contributed by atoms with Crippen LogP contribution in [0.1, 0.15) is 0 Å². The first-order chi connectivity index (χ1) is 11.4. The van der Waals surface area contributed by atoms with Gasteiger partial charge in [0.25, 0.3) is 0 Å². The molecule has 0 amide bonds. The number of fused-ring (bicyclic) bond motifs is 1. The maximum Gasteiger partial charge on any atom is 0.128 e. The molecule has 116 valence electrons. The lowest BCUT2D eigenvalue weighted by molar-refractivity contribution is 0.122. The molecular formula is C18H18N4O. The number of rotatable bonds is 3. The third kappa shape index (κ3) is 3.10. The molecule has 23 heavy (non-hydrogen) atoms. The summed E-state index contributed by atoms with van der Waals surface area (Å²) < 4.78 is 5.37. The van der Waals surface area contributed by atoms with Crippen molar-refractivity contribution in [1.29, 1.82) is 0 Å². The van der Waals surface area contributed by atoms with Gasteiger partial charge < -0.3 is 15.0 Å². The number of morpholine rings is 1. The van der Waals surface area contributed by atoms with Crippen LogP contribution in [-0.2, 0) is 4.74 Å². The minimum absolute atomic E-state index is 0.768. The normalized spacial score (nSPS) is 14.9. The summed E-state index contributed by atoms with van der Waals surface area (Å²) in [6.07, 6.45) is 3.71. The first kappa shape index (κ1) is 14.0. The summed E-state index contributed by atoms with van der Waals surface area (Å²) >= 11 is 0. The van der Waals surface area contributed by atoms with Gasteiger partial charge in [0.05, 0.1) is 42.5 Å². The molecule has 1 aromatic carbocycles. The van der Waals surface area contributed by atoms with Crippen molar-refractivity contribution >= 4 is 28.1 Å². The smallest absolute Gasteiger partial charge is 0.128 e. The van der Waals surface area contributed by atoms with Gasteiger partial charge in [-0.05, 0) is 24.3 Å². The molecule has 0 atom stereocenters. The van der Waals surface area contributed by atoms with Crippen LogP contribution in [0.15, 0.2) is 54.9 Å². The molecule has 4 rings (SSSR count). The molecule has 1 saturated heterocycles. The number of benzene rings is 1. The standard InChI is InChI=1S/C18H18N4O/c1-2-4-17-14(3-1)11-16(13-19-17)21-15-5-6-18(20-12-15)22-7-9-23-10-8-22/h1-6,11-13,21H,7-10H2. The van der Waals surface area contributed by atoms with Crippen molar-refractivity contribution in [3.8, 4) is 0 Å². The molecule has 3 heterocycles. The van der Waals surface area contributed by atoms with Gasteiger partial charge in [0.2, 0.25) is 0 Å². The summed E-state index contributed by atoms with van der Waals surface area (Å²) in [4.78, 5) is 11.3. The van der Waals surface area contributed by atoms with Crippen molar-refractivity contribution in [2.75, 3.05) is 36.5 Å². The molecule has 3 aromatic rings. The van der Waals surface area contributed by atoms with Gasteiger partial charge in [-0.2, -0.15) is 0 Å². The zero-order valence-electron chi connectivity index (χ0n) is 12.8. The minimum atomic E-state index is 0.768. The molecule has 2 aromatic heterocycles. The lowest BCUT2D eigenvalue weighted by Crippen LogP contribution is -2.36. The highest BCUT2D eigenvalue weighted by Gasteiger charge is 2.11. The maximum atomic E-state index is 5.37. The molecule has 5 nitrogen and oxygen atoms in total. The van der Waals surface area contributed by atoms with Gasteiger partial charge in [-0.1, -0.05) is 18.2 Å². The van der Waals surface area contributed by atoms with E-state index < -0.39 is 0 Å². The van der Waals surface area contributed by atoms with E-state index in [1.807, 2.05) is 42.7 Å². The predicted octanol–water partition coefficient (Wildman–Crippen LogP) is 3.21. The van der Waals surface area contributed by atoms with Crippen molar-refractivity contribution in [3.63, 3.8) is 0 Å². The fourth-order valence-corrected chi connectivity index (χ4v) is 2.75. The Balaban J connectivity index is 1.51. The van der Waals surface area contributed by atoms with Crippen LogP contribution in [0.25, 0.3) is 10.9 Å². The van der Waals surface area contributed by atoms with Gasteiger partial charge in [0.15, 0.2) is 0 Å². The van der Waals surface area contributed by atoms with E-state index in [-0.39, 0.29) is 0 Å². The lowest BCUT2D eigenvalue weighted by atomic mass is 10.2. The summed E-state index contributed by atoms with van der Waals surface area (Å²) in [5.74, 6) is 0.996. The first-order valence-corrected chi connectivity index (χ1v) is 7.79. The molecule has 0 aliphatic carbocycles. The summed E-state index contributed by atoms with van der Waals surface area (Å²) in [5, 5.41) is 4.48.